The van der Waals surface area contributed by atoms with Crippen molar-refractivity contribution in [1.29, 1.82) is 0 Å². The molecule has 0 radical (unpaired) electrons. The molecule has 0 bridgehead atoms. The fraction of sp³-hybridized carbons (Fsp3) is 0.545. The Labute approximate surface area is 100 Å². The van der Waals surface area contributed by atoms with Crippen molar-refractivity contribution in [3.05, 3.63) is 17.8 Å². The van der Waals surface area contributed by atoms with Crippen LogP contribution in [0.5, 0.6) is 0 Å². The van der Waals surface area contributed by atoms with Gasteiger partial charge in [-0.2, -0.15) is 0 Å². The zero-order valence-corrected chi connectivity index (χ0v) is 10.5. The first-order valence-electron chi connectivity index (χ1n) is 5.46. The second kappa shape index (κ2) is 5.56. The van der Waals surface area contributed by atoms with Crippen LogP contribution in [0.25, 0.3) is 0 Å². The van der Waals surface area contributed by atoms with Crippen LogP contribution in [-0.4, -0.2) is 40.4 Å². The standard InChI is InChI=1S/C11H17FN4O/c1-5-16(4)11(17)8(3)15-10-9(12)7(2)13-6-14-10/h6,8H,5H2,1-4H3,(H,13,14,15). The van der Waals surface area contributed by atoms with Gasteiger partial charge in [-0.15, -0.1) is 0 Å². The van der Waals surface area contributed by atoms with Crippen molar-refractivity contribution in [3.8, 4) is 0 Å². The molecular weight excluding hydrogens is 223 g/mol. The number of aryl methyl sites for hydroxylation is 1. The highest BCUT2D eigenvalue weighted by molar-refractivity contribution is 5.83. The van der Waals surface area contributed by atoms with E-state index in [9.17, 15) is 9.18 Å². The predicted octanol–water partition coefficient (Wildman–Crippen LogP) is 1.20. The van der Waals surface area contributed by atoms with Gasteiger partial charge in [-0.3, -0.25) is 4.79 Å². The van der Waals surface area contributed by atoms with Crippen molar-refractivity contribution >= 4 is 11.7 Å². The average molecular weight is 240 g/mol. The van der Waals surface area contributed by atoms with Gasteiger partial charge in [-0.1, -0.05) is 0 Å². The van der Waals surface area contributed by atoms with E-state index in [1.807, 2.05) is 6.92 Å². The number of halogens is 1. The van der Waals surface area contributed by atoms with E-state index in [2.05, 4.69) is 15.3 Å². The van der Waals surface area contributed by atoms with E-state index in [4.69, 9.17) is 0 Å². The van der Waals surface area contributed by atoms with E-state index in [1.165, 1.54) is 6.33 Å². The summed E-state index contributed by atoms with van der Waals surface area (Å²) in [5.41, 5.74) is 0.256. The van der Waals surface area contributed by atoms with E-state index in [-0.39, 0.29) is 17.4 Å². The van der Waals surface area contributed by atoms with E-state index >= 15 is 0 Å². The van der Waals surface area contributed by atoms with Crippen LogP contribution in [0.1, 0.15) is 19.5 Å². The summed E-state index contributed by atoms with van der Waals surface area (Å²) in [4.78, 5) is 20.8. The van der Waals surface area contributed by atoms with Crippen molar-refractivity contribution in [3.63, 3.8) is 0 Å². The summed E-state index contributed by atoms with van der Waals surface area (Å²) in [7, 11) is 1.70. The molecule has 1 atom stereocenters. The summed E-state index contributed by atoms with van der Waals surface area (Å²) in [5.74, 6) is -0.572. The van der Waals surface area contributed by atoms with Gasteiger partial charge in [-0.25, -0.2) is 14.4 Å². The van der Waals surface area contributed by atoms with Crippen LogP contribution < -0.4 is 5.32 Å². The van der Waals surface area contributed by atoms with Gasteiger partial charge < -0.3 is 10.2 Å². The lowest BCUT2D eigenvalue weighted by atomic mass is 10.3. The van der Waals surface area contributed by atoms with Crippen molar-refractivity contribution in [2.24, 2.45) is 0 Å². The summed E-state index contributed by atoms with van der Waals surface area (Å²) in [6.45, 7) is 5.70. The van der Waals surface area contributed by atoms with Gasteiger partial charge in [0.05, 0.1) is 5.69 Å². The van der Waals surface area contributed by atoms with Gasteiger partial charge in [0.25, 0.3) is 0 Å². The molecule has 0 aliphatic carbocycles. The van der Waals surface area contributed by atoms with E-state index < -0.39 is 11.9 Å². The summed E-state index contributed by atoms with van der Waals surface area (Å²) >= 11 is 0. The maximum absolute atomic E-state index is 13.6. The minimum atomic E-state index is -0.524. The number of aromatic nitrogens is 2. The number of hydrogen-bond donors (Lipinski definition) is 1. The molecule has 6 heteroatoms. The summed E-state index contributed by atoms with van der Waals surface area (Å²) in [5, 5.41) is 2.75. The fourth-order valence-electron chi connectivity index (χ4n) is 1.31. The van der Waals surface area contributed by atoms with Gasteiger partial charge in [0.2, 0.25) is 5.91 Å². The third kappa shape index (κ3) is 3.12. The molecule has 1 heterocycles. The number of carbonyl (C=O) groups excluding carboxylic acids is 1. The Bertz CT molecular complexity index is 410. The molecule has 94 valence electrons. The van der Waals surface area contributed by atoms with Gasteiger partial charge in [0.15, 0.2) is 11.6 Å². The summed E-state index contributed by atoms with van der Waals surface area (Å²) < 4.78 is 13.6. The quantitative estimate of drug-likeness (QED) is 0.859. The number of likely N-dealkylation sites (N-methyl/N-ethyl adjacent to an activating group) is 1. The van der Waals surface area contributed by atoms with Crippen molar-refractivity contribution in [1.82, 2.24) is 14.9 Å². The van der Waals surface area contributed by atoms with Crippen LogP contribution in [0.15, 0.2) is 6.33 Å². The zero-order valence-electron chi connectivity index (χ0n) is 10.5. The van der Waals surface area contributed by atoms with Crippen LogP contribution in [-0.2, 0) is 4.79 Å². The molecule has 1 aromatic rings. The third-order valence-corrected chi connectivity index (χ3v) is 2.54. The Morgan fingerprint density at radius 3 is 2.82 bits per heavy atom. The monoisotopic (exact) mass is 240 g/mol. The Hall–Kier alpha value is -1.72. The first-order valence-corrected chi connectivity index (χ1v) is 5.46. The molecule has 17 heavy (non-hydrogen) atoms. The normalized spacial score (nSPS) is 12.1. The molecule has 0 aromatic carbocycles. The van der Waals surface area contributed by atoms with E-state index in [0.29, 0.717) is 6.54 Å². The molecule has 1 N–H and O–H groups in total. The second-order valence-electron chi connectivity index (χ2n) is 3.84. The largest absolute Gasteiger partial charge is 0.356 e. The molecule has 0 spiro atoms. The molecule has 5 nitrogen and oxygen atoms in total. The number of anilines is 1. The summed E-state index contributed by atoms with van der Waals surface area (Å²) in [6, 6.07) is -0.524. The lowest BCUT2D eigenvalue weighted by Crippen LogP contribution is -2.39. The highest BCUT2D eigenvalue weighted by atomic mass is 19.1. The number of amides is 1. The van der Waals surface area contributed by atoms with Crippen LogP contribution in [0, 0.1) is 12.7 Å². The van der Waals surface area contributed by atoms with Crippen LogP contribution in [0.3, 0.4) is 0 Å². The van der Waals surface area contributed by atoms with Crippen molar-refractivity contribution < 1.29 is 9.18 Å². The fourth-order valence-corrected chi connectivity index (χ4v) is 1.31. The number of hydrogen-bond acceptors (Lipinski definition) is 4. The Balaban J connectivity index is 2.78. The van der Waals surface area contributed by atoms with Crippen LogP contribution >= 0.6 is 0 Å². The number of rotatable bonds is 4. The van der Waals surface area contributed by atoms with Gasteiger partial charge in [0, 0.05) is 13.6 Å². The molecule has 0 aliphatic rings. The molecule has 0 saturated heterocycles. The highest BCUT2D eigenvalue weighted by Crippen LogP contribution is 2.13. The first-order chi connectivity index (χ1) is 7.97. The SMILES string of the molecule is CCN(C)C(=O)C(C)Nc1ncnc(C)c1F. The van der Waals surface area contributed by atoms with Crippen LogP contribution in [0.4, 0.5) is 10.2 Å². The Kier molecular flexibility index (Phi) is 4.37. The minimum Gasteiger partial charge on any atom is -0.356 e. The zero-order chi connectivity index (χ0) is 13.0. The predicted molar refractivity (Wildman–Crippen MR) is 63.1 cm³/mol. The average Bonchev–Trinajstić information content (AvgIpc) is 2.32. The molecule has 1 rings (SSSR count). The topological polar surface area (TPSA) is 58.1 Å². The smallest absolute Gasteiger partial charge is 0.244 e. The minimum absolute atomic E-state index is 0.0582. The lowest BCUT2D eigenvalue weighted by Gasteiger charge is -2.21. The maximum atomic E-state index is 13.6. The van der Waals surface area contributed by atoms with Gasteiger partial charge in [-0.05, 0) is 20.8 Å². The van der Waals surface area contributed by atoms with Crippen molar-refractivity contribution in [2.45, 2.75) is 26.8 Å². The number of carbonyl (C=O) groups is 1. The van der Waals surface area contributed by atoms with Gasteiger partial charge in [0.1, 0.15) is 12.4 Å². The number of nitrogens with zero attached hydrogens (tertiary/aromatic N) is 3. The molecule has 0 fully saturated rings. The second-order valence-corrected chi connectivity index (χ2v) is 3.84. The van der Waals surface area contributed by atoms with Gasteiger partial charge >= 0.3 is 0 Å². The highest BCUT2D eigenvalue weighted by Gasteiger charge is 2.18. The maximum Gasteiger partial charge on any atom is 0.244 e. The number of nitrogens with one attached hydrogen (secondary N) is 1. The van der Waals surface area contributed by atoms with Crippen LogP contribution in [0.2, 0.25) is 0 Å². The molecule has 0 aliphatic heterocycles. The Morgan fingerprint density at radius 2 is 2.24 bits per heavy atom. The molecular formula is C11H17FN4O. The molecule has 1 unspecified atom stereocenters. The van der Waals surface area contributed by atoms with E-state index in [0.717, 1.165) is 0 Å². The summed E-state index contributed by atoms with van der Waals surface area (Å²) in [6.07, 6.45) is 1.27. The Morgan fingerprint density at radius 1 is 1.59 bits per heavy atom. The molecule has 0 saturated carbocycles. The third-order valence-electron chi connectivity index (χ3n) is 2.54. The lowest BCUT2D eigenvalue weighted by molar-refractivity contribution is -0.130. The molecule has 1 amide bonds. The van der Waals surface area contributed by atoms with Crippen molar-refractivity contribution in [2.75, 3.05) is 18.9 Å². The first kappa shape index (κ1) is 13.3. The van der Waals surface area contributed by atoms with E-state index in [1.54, 1.807) is 25.8 Å². The molecule has 1 aromatic heterocycles.